The van der Waals surface area contributed by atoms with Gasteiger partial charge in [0.25, 0.3) is 0 Å². The molecule has 0 amide bonds. The Bertz CT molecular complexity index is 742. The number of rotatable bonds is 2. The number of hydrogen-bond donors (Lipinski definition) is 0. The van der Waals surface area contributed by atoms with Crippen molar-refractivity contribution in [3.63, 3.8) is 0 Å². The number of para-hydroxylation sites is 2. The second-order valence-corrected chi connectivity index (χ2v) is 7.30. The maximum absolute atomic E-state index is 12.8. The van der Waals surface area contributed by atoms with Crippen LogP contribution in [0.5, 0.6) is 11.5 Å². The Labute approximate surface area is 136 Å². The summed E-state index contributed by atoms with van der Waals surface area (Å²) in [4.78, 5) is 0.292. The molecule has 5 nitrogen and oxygen atoms in total. The molecule has 2 aromatic carbocycles. The van der Waals surface area contributed by atoms with Crippen LogP contribution >= 0.6 is 0 Å². The molecule has 2 aromatic rings. The van der Waals surface area contributed by atoms with E-state index in [4.69, 9.17) is 9.47 Å². The minimum Gasteiger partial charge on any atom is -0.488 e. The molecular formula is C17H19NO4S. The van der Waals surface area contributed by atoms with Gasteiger partial charge in [0.15, 0.2) is 11.5 Å². The minimum atomic E-state index is -3.55. The fourth-order valence-corrected chi connectivity index (χ4v) is 3.82. The molecule has 1 aliphatic heterocycles. The lowest BCUT2D eigenvalue weighted by Gasteiger charge is -2.21. The Morgan fingerprint density at radius 1 is 0.870 bits per heavy atom. The number of aryl methyl sites for hydroxylation is 1. The Balaban J connectivity index is 1.80. The molecule has 3 rings (SSSR count). The van der Waals surface area contributed by atoms with Crippen LogP contribution in [0.15, 0.2) is 53.4 Å². The first kappa shape index (κ1) is 15.8. The molecule has 0 aliphatic carbocycles. The average Bonchev–Trinajstić information content (AvgIpc) is 2.65. The summed E-state index contributed by atoms with van der Waals surface area (Å²) in [6.45, 7) is 3.06. The van der Waals surface area contributed by atoms with E-state index < -0.39 is 10.0 Å². The number of fused-ring (bicyclic) bond motifs is 1. The zero-order valence-electron chi connectivity index (χ0n) is 12.9. The van der Waals surface area contributed by atoms with Gasteiger partial charge in [-0.1, -0.05) is 29.8 Å². The first-order valence-electron chi connectivity index (χ1n) is 7.49. The van der Waals surface area contributed by atoms with Gasteiger partial charge in [-0.2, -0.15) is 4.31 Å². The summed E-state index contributed by atoms with van der Waals surface area (Å²) in [5, 5.41) is 0. The number of benzene rings is 2. The lowest BCUT2D eigenvalue weighted by molar-refractivity contribution is 0.271. The average molecular weight is 333 g/mol. The highest BCUT2D eigenvalue weighted by Crippen LogP contribution is 2.27. The Morgan fingerprint density at radius 2 is 1.39 bits per heavy atom. The molecule has 1 aliphatic rings. The quantitative estimate of drug-likeness (QED) is 0.847. The maximum atomic E-state index is 12.8. The van der Waals surface area contributed by atoms with Crippen molar-refractivity contribution in [3.05, 3.63) is 54.1 Å². The van der Waals surface area contributed by atoms with Gasteiger partial charge in [-0.3, -0.25) is 0 Å². The van der Waals surface area contributed by atoms with E-state index in [-0.39, 0.29) is 26.3 Å². The number of hydrogen-bond acceptors (Lipinski definition) is 4. The smallest absolute Gasteiger partial charge is 0.243 e. The van der Waals surface area contributed by atoms with Gasteiger partial charge in [0.1, 0.15) is 13.2 Å². The van der Waals surface area contributed by atoms with Gasteiger partial charge in [0.05, 0.1) is 4.90 Å². The molecule has 122 valence electrons. The highest BCUT2D eigenvalue weighted by Gasteiger charge is 2.25. The predicted octanol–water partition coefficient (Wildman–Crippen LogP) is 2.46. The SMILES string of the molecule is Cc1ccc(S(=O)(=O)N2CCOc3ccccc3OCC2)cc1. The third-order valence-electron chi connectivity index (χ3n) is 3.70. The van der Waals surface area contributed by atoms with Crippen LogP contribution in [-0.2, 0) is 10.0 Å². The summed E-state index contributed by atoms with van der Waals surface area (Å²) >= 11 is 0. The summed E-state index contributed by atoms with van der Waals surface area (Å²) in [7, 11) is -3.55. The predicted molar refractivity (Wildman–Crippen MR) is 87.4 cm³/mol. The molecule has 23 heavy (non-hydrogen) atoms. The zero-order valence-corrected chi connectivity index (χ0v) is 13.8. The lowest BCUT2D eigenvalue weighted by atomic mass is 10.2. The van der Waals surface area contributed by atoms with Crippen LogP contribution in [0.25, 0.3) is 0 Å². The van der Waals surface area contributed by atoms with E-state index in [2.05, 4.69) is 0 Å². The van der Waals surface area contributed by atoms with E-state index in [1.54, 1.807) is 24.3 Å². The van der Waals surface area contributed by atoms with Gasteiger partial charge in [0.2, 0.25) is 10.0 Å². The molecule has 0 spiro atoms. The van der Waals surface area contributed by atoms with Crippen molar-refractivity contribution in [1.82, 2.24) is 4.31 Å². The highest BCUT2D eigenvalue weighted by atomic mass is 32.2. The number of nitrogens with zero attached hydrogens (tertiary/aromatic N) is 1. The zero-order chi connectivity index (χ0) is 16.3. The molecule has 0 bridgehead atoms. The molecule has 0 saturated carbocycles. The summed E-state index contributed by atoms with van der Waals surface area (Å²) in [6.07, 6.45) is 0. The monoisotopic (exact) mass is 333 g/mol. The lowest BCUT2D eigenvalue weighted by Crippen LogP contribution is -2.37. The van der Waals surface area contributed by atoms with Crippen LogP contribution in [0.2, 0.25) is 0 Å². The van der Waals surface area contributed by atoms with Gasteiger partial charge in [0, 0.05) is 13.1 Å². The fraction of sp³-hybridized carbons (Fsp3) is 0.294. The van der Waals surface area contributed by atoms with Crippen molar-refractivity contribution >= 4 is 10.0 Å². The standard InChI is InChI=1S/C17H19NO4S/c1-14-6-8-15(9-7-14)23(19,20)18-10-12-21-16-4-2-3-5-17(16)22-13-11-18/h2-9H,10-13H2,1H3. The maximum Gasteiger partial charge on any atom is 0.243 e. The normalized spacial score (nSPS) is 16.2. The molecule has 6 heteroatoms. The van der Waals surface area contributed by atoms with Crippen LogP contribution < -0.4 is 9.47 Å². The van der Waals surface area contributed by atoms with Crippen molar-refractivity contribution in [2.24, 2.45) is 0 Å². The molecule has 0 N–H and O–H groups in total. The van der Waals surface area contributed by atoms with E-state index in [1.807, 2.05) is 31.2 Å². The van der Waals surface area contributed by atoms with Crippen molar-refractivity contribution in [3.8, 4) is 11.5 Å². The van der Waals surface area contributed by atoms with Crippen molar-refractivity contribution in [2.45, 2.75) is 11.8 Å². The van der Waals surface area contributed by atoms with E-state index >= 15 is 0 Å². The second kappa shape index (κ2) is 6.60. The molecule has 0 fully saturated rings. The van der Waals surface area contributed by atoms with Crippen LogP contribution in [0.4, 0.5) is 0 Å². The third-order valence-corrected chi connectivity index (χ3v) is 5.62. The van der Waals surface area contributed by atoms with Crippen LogP contribution in [-0.4, -0.2) is 39.0 Å². The molecule has 1 heterocycles. The summed E-state index contributed by atoms with van der Waals surface area (Å²) in [5.74, 6) is 1.28. The Hall–Kier alpha value is -2.05. The number of ether oxygens (including phenoxy) is 2. The largest absolute Gasteiger partial charge is 0.488 e. The molecular weight excluding hydrogens is 314 g/mol. The van der Waals surface area contributed by atoms with Crippen molar-refractivity contribution in [2.75, 3.05) is 26.3 Å². The summed E-state index contributed by atoms with van der Waals surface area (Å²) < 4.78 is 38.2. The summed E-state index contributed by atoms with van der Waals surface area (Å²) in [5.41, 5.74) is 1.02. The van der Waals surface area contributed by atoms with E-state index in [0.29, 0.717) is 16.4 Å². The minimum absolute atomic E-state index is 0.283. The molecule has 0 radical (unpaired) electrons. The van der Waals surface area contributed by atoms with E-state index in [0.717, 1.165) is 5.56 Å². The summed E-state index contributed by atoms with van der Waals surface area (Å²) in [6, 6.07) is 14.2. The molecule has 0 atom stereocenters. The van der Waals surface area contributed by atoms with Gasteiger partial charge < -0.3 is 9.47 Å². The second-order valence-electron chi connectivity index (χ2n) is 5.36. The van der Waals surface area contributed by atoms with Gasteiger partial charge >= 0.3 is 0 Å². The van der Waals surface area contributed by atoms with E-state index in [1.165, 1.54) is 4.31 Å². The highest BCUT2D eigenvalue weighted by molar-refractivity contribution is 7.89. The van der Waals surface area contributed by atoms with E-state index in [9.17, 15) is 8.42 Å². The van der Waals surface area contributed by atoms with Crippen LogP contribution in [0.3, 0.4) is 0 Å². The van der Waals surface area contributed by atoms with Crippen LogP contribution in [0.1, 0.15) is 5.56 Å². The van der Waals surface area contributed by atoms with Gasteiger partial charge in [-0.25, -0.2) is 8.42 Å². The van der Waals surface area contributed by atoms with Gasteiger partial charge in [-0.15, -0.1) is 0 Å². The number of sulfonamides is 1. The van der Waals surface area contributed by atoms with Crippen molar-refractivity contribution in [1.29, 1.82) is 0 Å². The first-order valence-corrected chi connectivity index (χ1v) is 8.93. The Morgan fingerprint density at radius 3 is 1.91 bits per heavy atom. The van der Waals surface area contributed by atoms with Gasteiger partial charge in [-0.05, 0) is 31.2 Å². The van der Waals surface area contributed by atoms with Crippen LogP contribution in [0, 0.1) is 6.92 Å². The Kier molecular flexibility index (Phi) is 4.54. The fourth-order valence-electron chi connectivity index (χ4n) is 2.41. The molecule has 0 saturated heterocycles. The van der Waals surface area contributed by atoms with Crippen molar-refractivity contribution < 1.29 is 17.9 Å². The molecule has 0 unspecified atom stereocenters. The third kappa shape index (κ3) is 3.48. The molecule has 0 aromatic heterocycles. The topological polar surface area (TPSA) is 55.8 Å². The first-order chi connectivity index (χ1) is 11.1.